The number of ether oxygens (including phenoxy) is 1. The molecular formula is C64H44F2N4OPt+2. The fourth-order valence-corrected chi connectivity index (χ4v) is 9.60. The fraction of sp³-hybridized carbons (Fsp3) is 0.0625. The van der Waals surface area contributed by atoms with Crippen LogP contribution in [0.25, 0.3) is 72.1 Å². The zero-order chi connectivity index (χ0) is 48.2. The van der Waals surface area contributed by atoms with Gasteiger partial charge in [0.15, 0.2) is 0 Å². The molecule has 5 nitrogen and oxygen atoms in total. The third-order valence-corrected chi connectivity index (χ3v) is 13.1. The molecule has 0 amide bonds. The summed E-state index contributed by atoms with van der Waals surface area (Å²) in [6.07, 6.45) is 1.88. The Balaban J connectivity index is 0.00000560. The van der Waals surface area contributed by atoms with Crippen LogP contribution in [-0.4, -0.2) is 15.6 Å². The van der Waals surface area contributed by atoms with Gasteiger partial charge in [-0.2, -0.15) is 6.07 Å². The summed E-state index contributed by atoms with van der Waals surface area (Å²) in [7, 11) is 0. The first-order valence-corrected chi connectivity index (χ1v) is 23.6. The van der Waals surface area contributed by atoms with Gasteiger partial charge in [0.05, 0.1) is 5.56 Å². The monoisotopic (exact) mass is 1120 g/mol. The van der Waals surface area contributed by atoms with Gasteiger partial charge in [0.25, 0.3) is 11.4 Å². The number of halogens is 2. The fourth-order valence-electron chi connectivity index (χ4n) is 9.60. The Hall–Kier alpha value is -8.34. The molecule has 9 aromatic carbocycles. The second-order valence-corrected chi connectivity index (χ2v) is 18.8. The van der Waals surface area contributed by atoms with Gasteiger partial charge in [-0.3, -0.25) is 0 Å². The van der Waals surface area contributed by atoms with E-state index in [0.29, 0.717) is 34.0 Å². The molecule has 2 aromatic heterocycles. The van der Waals surface area contributed by atoms with Gasteiger partial charge in [-0.05, 0) is 109 Å². The van der Waals surface area contributed by atoms with Gasteiger partial charge in [0.1, 0.15) is 23.1 Å². The second kappa shape index (κ2) is 18.8. The van der Waals surface area contributed by atoms with Crippen LogP contribution in [0.15, 0.2) is 212 Å². The molecule has 0 fully saturated rings. The number of para-hydroxylation sites is 4. The molecule has 72 heavy (non-hydrogen) atoms. The number of hydrogen-bond acceptors (Lipinski definition) is 2. The minimum atomic E-state index is -0.652. The maximum atomic E-state index is 14.7. The van der Waals surface area contributed by atoms with E-state index in [2.05, 4.69) is 153 Å². The van der Waals surface area contributed by atoms with Gasteiger partial charge in [0, 0.05) is 47.5 Å². The second-order valence-electron chi connectivity index (χ2n) is 18.8. The maximum Gasteiger partial charge on any atom is 2.00 e. The zero-order valence-electron chi connectivity index (χ0n) is 39.5. The van der Waals surface area contributed by atoms with E-state index in [9.17, 15) is 8.78 Å². The number of aromatic nitrogens is 2. The smallest absolute Gasteiger partial charge is 0.509 e. The van der Waals surface area contributed by atoms with Crippen molar-refractivity contribution in [3.63, 3.8) is 0 Å². The predicted molar refractivity (Wildman–Crippen MR) is 284 cm³/mol. The van der Waals surface area contributed by atoms with Crippen molar-refractivity contribution in [1.29, 1.82) is 0 Å². The van der Waals surface area contributed by atoms with E-state index in [-0.39, 0.29) is 26.5 Å². The van der Waals surface area contributed by atoms with Crippen molar-refractivity contribution in [2.24, 2.45) is 0 Å². The molecule has 12 rings (SSSR count). The van der Waals surface area contributed by atoms with E-state index in [1.807, 2.05) is 94.2 Å². The van der Waals surface area contributed by atoms with E-state index in [1.165, 1.54) is 17.7 Å². The number of fused-ring (bicyclic) bond motifs is 4. The molecule has 0 radical (unpaired) electrons. The van der Waals surface area contributed by atoms with Crippen LogP contribution in [0.5, 0.6) is 11.5 Å². The largest absolute Gasteiger partial charge is 2.00 e. The number of benzene rings is 9. The average Bonchev–Trinajstić information content (AvgIpc) is 3.95. The average molecular weight is 1120 g/mol. The summed E-state index contributed by atoms with van der Waals surface area (Å²) < 4.78 is 42.5. The van der Waals surface area contributed by atoms with Crippen LogP contribution in [0.1, 0.15) is 26.3 Å². The predicted octanol–water partition coefficient (Wildman–Crippen LogP) is 16.7. The van der Waals surface area contributed by atoms with Gasteiger partial charge >= 0.3 is 27.1 Å². The van der Waals surface area contributed by atoms with Crippen molar-refractivity contribution < 1.29 is 34.6 Å². The van der Waals surface area contributed by atoms with Gasteiger partial charge in [0.2, 0.25) is 5.69 Å². The van der Waals surface area contributed by atoms with Crippen molar-refractivity contribution in [2.45, 2.75) is 26.2 Å². The standard InChI is InChI=1S/C64H44F2N4O.Pt/c1-64(2,3)49-28-29-67-63(37-49)70-59-23-13-11-21-56(59)57-27-26-53(40-62(57)70)71-54-36-47(46-31-44(42-16-6-4-7-17-42)30-45(32-46)43-18-8-5-9-19-43)35-52(39-54)68-41-69(61-25-15-14-24-60(61)68)58-22-12-10-20-55(58)48-33-50(65)38-51(66)34-48;/h4-38H,1-3H3;/q;+2. The number of rotatable bonds is 9. The van der Waals surface area contributed by atoms with E-state index >= 15 is 0 Å². The molecule has 0 aliphatic carbocycles. The van der Waals surface area contributed by atoms with Gasteiger partial charge in [-0.1, -0.05) is 146 Å². The molecule has 11 aromatic rings. The van der Waals surface area contributed by atoms with Crippen LogP contribution >= 0.6 is 0 Å². The topological polar surface area (TPSA) is 33.1 Å². The molecular weight excluding hydrogens is 1070 g/mol. The Morgan fingerprint density at radius 2 is 1.08 bits per heavy atom. The molecule has 8 heteroatoms. The van der Waals surface area contributed by atoms with Crippen LogP contribution in [-0.2, 0) is 26.5 Å². The number of hydrogen-bond donors (Lipinski definition) is 0. The van der Waals surface area contributed by atoms with Gasteiger partial charge < -0.3 is 9.30 Å². The molecule has 0 bridgehead atoms. The molecule has 1 aliphatic heterocycles. The van der Waals surface area contributed by atoms with Crippen molar-refractivity contribution in [3.8, 4) is 61.8 Å². The molecule has 0 unspecified atom stereocenters. The summed E-state index contributed by atoms with van der Waals surface area (Å²) >= 11 is 0. The summed E-state index contributed by atoms with van der Waals surface area (Å²) in [5.41, 5.74) is 13.2. The first-order chi connectivity index (χ1) is 34.6. The quantitative estimate of drug-likeness (QED) is 0.107. The molecule has 0 saturated heterocycles. The van der Waals surface area contributed by atoms with Gasteiger partial charge in [-0.15, -0.1) is 29.1 Å². The maximum absolute atomic E-state index is 14.7. The zero-order valence-corrected chi connectivity index (χ0v) is 41.7. The van der Waals surface area contributed by atoms with Crippen molar-refractivity contribution in [3.05, 3.63) is 242 Å². The number of nitrogens with zero attached hydrogens (tertiary/aromatic N) is 4. The van der Waals surface area contributed by atoms with E-state index < -0.39 is 11.6 Å². The minimum absolute atomic E-state index is 0. The minimum Gasteiger partial charge on any atom is -0.509 e. The summed E-state index contributed by atoms with van der Waals surface area (Å²) in [4.78, 5) is 4.89. The molecule has 0 atom stereocenters. The summed E-state index contributed by atoms with van der Waals surface area (Å²) in [6.45, 7) is 6.62. The van der Waals surface area contributed by atoms with Gasteiger partial charge in [-0.25, -0.2) is 13.8 Å². The molecule has 348 valence electrons. The first kappa shape index (κ1) is 46.1. The Labute approximate surface area is 431 Å². The summed E-state index contributed by atoms with van der Waals surface area (Å²) in [5.74, 6) is 0.460. The number of pyridine rings is 1. The Kier molecular flexibility index (Phi) is 12.0. The van der Waals surface area contributed by atoms with Crippen LogP contribution in [0.3, 0.4) is 0 Å². The Morgan fingerprint density at radius 3 is 1.76 bits per heavy atom. The molecule has 0 saturated carbocycles. The SMILES string of the molecule is CC(C)(C)c1ccnc(-n2c3[c-]c(Oc4[c-]c([N+]5=C=[N+](c6ccccc6-c6cc(F)cc(F)c6)c6ccccc65)cc(-c5cc(-c6ccccc6)cc(-c6ccccc6)c5)c4)ccc3c3ccccc32)c1.[Pt+2]. The molecule has 1 aliphatic rings. The van der Waals surface area contributed by atoms with Crippen LogP contribution in [0.4, 0.5) is 31.5 Å². The Morgan fingerprint density at radius 1 is 0.500 bits per heavy atom. The summed E-state index contributed by atoms with van der Waals surface area (Å²) in [5, 5.41) is 2.11. The van der Waals surface area contributed by atoms with E-state index in [1.54, 1.807) is 0 Å². The summed E-state index contributed by atoms with van der Waals surface area (Å²) in [6, 6.07) is 78.3. The van der Waals surface area contributed by atoms with Crippen molar-refractivity contribution >= 4 is 50.6 Å². The first-order valence-electron chi connectivity index (χ1n) is 23.6. The van der Waals surface area contributed by atoms with E-state index in [4.69, 9.17) is 9.72 Å². The van der Waals surface area contributed by atoms with E-state index in [0.717, 1.165) is 78.4 Å². The van der Waals surface area contributed by atoms with Crippen LogP contribution < -0.4 is 13.9 Å². The molecule has 0 N–H and O–H groups in total. The Bertz CT molecular complexity index is 3890. The van der Waals surface area contributed by atoms with Crippen LogP contribution in [0.2, 0.25) is 0 Å². The van der Waals surface area contributed by atoms with Crippen molar-refractivity contribution in [1.82, 2.24) is 18.7 Å². The third-order valence-electron chi connectivity index (χ3n) is 13.1. The molecule has 3 heterocycles. The molecule has 0 spiro atoms. The van der Waals surface area contributed by atoms with Crippen molar-refractivity contribution in [2.75, 3.05) is 0 Å². The van der Waals surface area contributed by atoms with Crippen LogP contribution in [0, 0.1) is 23.8 Å². The third kappa shape index (κ3) is 8.68. The normalized spacial score (nSPS) is 12.1.